The zero-order valence-electron chi connectivity index (χ0n) is 33.6. The number of hydrogen-bond acceptors (Lipinski definition) is 1. The molecule has 0 amide bonds. The van der Waals surface area contributed by atoms with E-state index in [1.54, 1.807) is 0 Å². The summed E-state index contributed by atoms with van der Waals surface area (Å²) in [5.41, 5.74) is 3.06. The number of hydrogen-bond donors (Lipinski definition) is 0. The quantitative estimate of drug-likeness (QED) is 0.197. The average molecular weight is 558 g/mol. The highest BCUT2D eigenvalue weighted by molar-refractivity contribution is 6.25. The Morgan fingerprint density at radius 1 is 0.395 bits per heavy atom. The lowest BCUT2D eigenvalue weighted by molar-refractivity contribution is 0.669. The van der Waals surface area contributed by atoms with E-state index >= 15 is 0 Å². The lowest BCUT2D eigenvalue weighted by Gasteiger charge is -2.18. The molecule has 9 aromatic rings. The average Bonchev–Trinajstić information content (AvgIpc) is 3.57. The number of rotatable bonds is 3. The van der Waals surface area contributed by atoms with E-state index < -0.39 is 66.5 Å². The van der Waals surface area contributed by atoms with Crippen LogP contribution in [0.1, 0.15) is 15.1 Å². The molecule has 0 radical (unpaired) electrons. The fraction of sp³-hybridized carbons (Fsp3) is 0. The van der Waals surface area contributed by atoms with Gasteiger partial charge in [0, 0.05) is 10.8 Å². The highest BCUT2D eigenvalue weighted by Crippen LogP contribution is 2.47. The van der Waals surface area contributed by atoms with Crippen molar-refractivity contribution in [1.29, 1.82) is 0 Å². The third kappa shape index (κ3) is 3.65. The molecule has 0 aliphatic carbocycles. The summed E-state index contributed by atoms with van der Waals surface area (Å²) < 4.78 is 103. The molecule has 0 aliphatic heterocycles. The molecule has 0 atom stereocenters. The van der Waals surface area contributed by atoms with Crippen LogP contribution in [0.5, 0.6) is 0 Å². The maximum absolute atomic E-state index is 9.45. The largest absolute Gasteiger partial charge is 0.456 e. The maximum Gasteiger partial charge on any atom is 0.136 e. The molecule has 43 heavy (non-hydrogen) atoms. The van der Waals surface area contributed by atoms with Crippen LogP contribution in [0.4, 0.5) is 0 Å². The molecule has 0 saturated carbocycles. The van der Waals surface area contributed by atoms with Crippen molar-refractivity contribution < 1.29 is 19.5 Å². The van der Waals surface area contributed by atoms with Crippen molar-refractivity contribution in [3.8, 4) is 33.4 Å². The zero-order chi connectivity index (χ0) is 37.9. The molecule has 0 N–H and O–H groups in total. The molecule has 1 nitrogen and oxygen atoms in total. The molecule has 1 heteroatoms. The van der Waals surface area contributed by atoms with Crippen LogP contribution < -0.4 is 0 Å². The number of fused-ring (bicyclic) bond motifs is 6. The number of benzene rings is 8. The van der Waals surface area contributed by atoms with Gasteiger partial charge in [-0.25, -0.2) is 0 Å². The van der Waals surface area contributed by atoms with E-state index in [4.69, 9.17) is 14.0 Å². The normalized spacial score (nSPS) is 15.3. The molecule has 1 heterocycles. The Balaban J connectivity index is 1.41. The first-order valence-electron chi connectivity index (χ1n) is 19.4. The third-order valence-electron chi connectivity index (χ3n) is 8.04. The summed E-state index contributed by atoms with van der Waals surface area (Å²) in [6.07, 6.45) is 0. The lowest BCUT2D eigenvalue weighted by Crippen LogP contribution is -1.91. The Kier molecular flexibility index (Phi) is 3.41. The fourth-order valence-corrected chi connectivity index (χ4v) is 6.23. The van der Waals surface area contributed by atoms with Gasteiger partial charge in [-0.1, -0.05) is 145 Å². The van der Waals surface area contributed by atoms with Gasteiger partial charge in [-0.3, -0.25) is 0 Å². The standard InChI is InChI=1S/C42H26O/c1-2-13-30-27(11-1)12-9-19-31(30)28-23-25-29(26-24-28)40-32-14-3-5-16-34(32)41(35-17-6-4-15-33(35)40)37-20-10-22-39-42(37)36-18-7-8-21-38(36)43-39/h1-26H/i1D,2D,9D,11D,12D,13D,19D,23D,24D,25D,26D. The first kappa shape index (κ1) is 15.5. The fourth-order valence-electron chi connectivity index (χ4n) is 6.23. The van der Waals surface area contributed by atoms with Crippen LogP contribution in [-0.4, -0.2) is 0 Å². The molecule has 0 spiro atoms. The van der Waals surface area contributed by atoms with E-state index in [-0.39, 0.29) is 27.5 Å². The van der Waals surface area contributed by atoms with Gasteiger partial charge >= 0.3 is 0 Å². The van der Waals surface area contributed by atoms with Crippen LogP contribution in [0, 0.1) is 0 Å². The molecular formula is C42H26O. The molecule has 0 unspecified atom stereocenters. The van der Waals surface area contributed by atoms with Gasteiger partial charge in [0.1, 0.15) is 11.2 Å². The SMILES string of the molecule is [2H]c1c([2H])c(-c2c([2H])c([2H])c([2H])c3c([2H])c([2H])c([2H])c([2H])c23)c([2H])c([2H])c1-c1c2ccccc2c(-c2cccc3oc4ccccc4c23)c2ccccc12. The van der Waals surface area contributed by atoms with Crippen molar-refractivity contribution in [3.63, 3.8) is 0 Å². The second kappa shape index (κ2) is 9.44. The molecule has 0 bridgehead atoms. The van der Waals surface area contributed by atoms with E-state index in [1.807, 2.05) is 91.0 Å². The summed E-state index contributed by atoms with van der Waals surface area (Å²) in [4.78, 5) is 0. The smallest absolute Gasteiger partial charge is 0.136 e. The molecule has 1 aromatic heterocycles. The molecule has 200 valence electrons. The monoisotopic (exact) mass is 557 g/mol. The molecule has 8 aromatic carbocycles. The van der Waals surface area contributed by atoms with Gasteiger partial charge < -0.3 is 4.42 Å². The molecule has 0 aliphatic rings. The molecular weight excluding hydrogens is 520 g/mol. The van der Waals surface area contributed by atoms with Crippen molar-refractivity contribution in [2.24, 2.45) is 0 Å². The van der Waals surface area contributed by atoms with Gasteiger partial charge in [-0.05, 0) is 77.8 Å². The summed E-state index contributed by atoms with van der Waals surface area (Å²) >= 11 is 0. The van der Waals surface area contributed by atoms with Crippen LogP contribution in [0.2, 0.25) is 0 Å². The molecule has 9 rings (SSSR count). The summed E-state index contributed by atoms with van der Waals surface area (Å²) in [7, 11) is 0. The summed E-state index contributed by atoms with van der Waals surface area (Å²) in [5.74, 6) is 0. The van der Waals surface area contributed by atoms with Crippen molar-refractivity contribution in [2.45, 2.75) is 0 Å². The van der Waals surface area contributed by atoms with Crippen molar-refractivity contribution in [1.82, 2.24) is 0 Å². The van der Waals surface area contributed by atoms with E-state index in [9.17, 15) is 5.48 Å². The van der Waals surface area contributed by atoms with Crippen molar-refractivity contribution >= 4 is 54.3 Å². The van der Waals surface area contributed by atoms with Gasteiger partial charge in [0.05, 0.1) is 15.1 Å². The summed E-state index contributed by atoms with van der Waals surface area (Å²) in [5, 5.41) is 4.24. The summed E-state index contributed by atoms with van der Waals surface area (Å²) in [6, 6.07) is 22.7. The van der Waals surface area contributed by atoms with Crippen LogP contribution in [0.3, 0.4) is 0 Å². The Labute approximate surface area is 264 Å². The highest BCUT2D eigenvalue weighted by atomic mass is 16.3. The number of para-hydroxylation sites is 1. The maximum atomic E-state index is 9.45. The van der Waals surface area contributed by atoms with Crippen LogP contribution >= 0.6 is 0 Å². The Morgan fingerprint density at radius 2 is 0.977 bits per heavy atom. The van der Waals surface area contributed by atoms with Gasteiger partial charge in [-0.15, -0.1) is 0 Å². The minimum Gasteiger partial charge on any atom is -0.456 e. The second-order valence-corrected chi connectivity index (χ2v) is 10.4. The predicted octanol–water partition coefficient (Wildman–Crippen LogP) is 12.0. The van der Waals surface area contributed by atoms with Gasteiger partial charge in [-0.2, -0.15) is 0 Å². The highest BCUT2D eigenvalue weighted by Gasteiger charge is 2.20. The minimum absolute atomic E-state index is 0.0145. The topological polar surface area (TPSA) is 13.1 Å². The van der Waals surface area contributed by atoms with Gasteiger partial charge in [0.15, 0.2) is 0 Å². The van der Waals surface area contributed by atoms with Crippen molar-refractivity contribution in [3.05, 3.63) is 157 Å². The first-order valence-corrected chi connectivity index (χ1v) is 13.9. The van der Waals surface area contributed by atoms with Crippen LogP contribution in [-0.2, 0) is 0 Å². The van der Waals surface area contributed by atoms with E-state index in [2.05, 4.69) is 0 Å². The van der Waals surface area contributed by atoms with E-state index in [0.29, 0.717) is 16.3 Å². The van der Waals surface area contributed by atoms with E-state index in [1.165, 1.54) is 0 Å². The zero-order valence-corrected chi connectivity index (χ0v) is 22.6. The van der Waals surface area contributed by atoms with Crippen LogP contribution in [0.15, 0.2) is 162 Å². The van der Waals surface area contributed by atoms with Crippen molar-refractivity contribution in [2.75, 3.05) is 0 Å². The lowest BCUT2D eigenvalue weighted by atomic mass is 9.84. The Hall–Kier alpha value is -5.66. The first-order chi connectivity index (χ1) is 25.9. The van der Waals surface area contributed by atoms with Crippen LogP contribution in [0.25, 0.3) is 87.6 Å². The van der Waals surface area contributed by atoms with E-state index in [0.717, 1.165) is 43.8 Å². The summed E-state index contributed by atoms with van der Waals surface area (Å²) in [6.45, 7) is 0. The molecule has 0 fully saturated rings. The Bertz CT molecular complexity index is 3040. The van der Waals surface area contributed by atoms with Gasteiger partial charge in [0.25, 0.3) is 0 Å². The minimum atomic E-state index is -0.656. The second-order valence-electron chi connectivity index (χ2n) is 10.4. The number of furan rings is 1. The Morgan fingerprint density at radius 3 is 1.72 bits per heavy atom. The molecule has 0 saturated heterocycles. The third-order valence-corrected chi connectivity index (χ3v) is 8.04. The predicted molar refractivity (Wildman–Crippen MR) is 183 cm³/mol. The van der Waals surface area contributed by atoms with Gasteiger partial charge in [0.2, 0.25) is 0 Å².